The first-order chi connectivity index (χ1) is 18.6. The lowest BCUT2D eigenvalue weighted by Gasteiger charge is -2.42. The van der Waals surface area contributed by atoms with Crippen LogP contribution in [0.3, 0.4) is 0 Å². The molecule has 3 fully saturated rings. The molecule has 6 nitrogen and oxygen atoms in total. The van der Waals surface area contributed by atoms with Crippen molar-refractivity contribution in [2.24, 2.45) is 0 Å². The molecule has 7 heteroatoms. The number of carbonyl (C=O) groups is 2. The van der Waals surface area contributed by atoms with E-state index in [2.05, 4.69) is 15.5 Å². The van der Waals surface area contributed by atoms with E-state index in [4.69, 9.17) is 16.6 Å². The van der Waals surface area contributed by atoms with Gasteiger partial charge in [0.15, 0.2) is 0 Å². The molecule has 0 N–H and O–H groups in total. The number of anilines is 1. The molecule has 1 atom stereocenters. The van der Waals surface area contributed by atoms with Crippen molar-refractivity contribution in [3.05, 3.63) is 59.4 Å². The summed E-state index contributed by atoms with van der Waals surface area (Å²) in [6.45, 7) is 0.816. The van der Waals surface area contributed by atoms with Gasteiger partial charge >= 0.3 is 0 Å². The average molecular weight is 533 g/mol. The molecule has 2 aliphatic carbocycles. The Morgan fingerprint density at radius 2 is 1.61 bits per heavy atom. The molecule has 2 amide bonds. The van der Waals surface area contributed by atoms with Crippen molar-refractivity contribution in [3.8, 4) is 0 Å². The molecule has 3 aromatic rings. The predicted octanol–water partition coefficient (Wildman–Crippen LogP) is 6.70. The number of rotatable bonds is 6. The zero-order chi connectivity index (χ0) is 26.1. The Kier molecular flexibility index (Phi) is 7.42. The van der Waals surface area contributed by atoms with Crippen LogP contribution in [0.15, 0.2) is 48.5 Å². The molecule has 1 unspecified atom stereocenters. The van der Waals surface area contributed by atoms with Crippen LogP contribution in [-0.2, 0) is 16.1 Å². The van der Waals surface area contributed by atoms with Crippen molar-refractivity contribution >= 4 is 40.1 Å². The van der Waals surface area contributed by atoms with Crippen LogP contribution >= 0.6 is 11.6 Å². The number of carbonyl (C=O) groups excluding carboxylic acids is 2. The first kappa shape index (κ1) is 25.4. The Hall–Kier alpha value is -2.86. The van der Waals surface area contributed by atoms with Crippen molar-refractivity contribution in [2.75, 3.05) is 11.4 Å². The molecule has 1 saturated heterocycles. The molecule has 6 rings (SSSR count). The molecule has 2 heterocycles. The standard InChI is InChI=1S/C31H37ClN4O2/c32-23-10-9-15-26(19-23)34-20-22(18-29(34)37)31-33-27-16-7-8-17-28(27)35(31)21-30(38)36(24-11-3-1-4-12-24)25-13-5-2-6-14-25/h7-10,15-17,19,22,24-25H,1-6,11-14,18,20-21H2. The van der Waals surface area contributed by atoms with Crippen LogP contribution in [0.2, 0.25) is 5.02 Å². The van der Waals surface area contributed by atoms with Crippen molar-refractivity contribution < 1.29 is 9.59 Å². The summed E-state index contributed by atoms with van der Waals surface area (Å²) in [7, 11) is 0. The van der Waals surface area contributed by atoms with Crippen LogP contribution in [0, 0.1) is 0 Å². The van der Waals surface area contributed by atoms with Crippen LogP contribution in [-0.4, -0.2) is 44.9 Å². The lowest BCUT2D eigenvalue weighted by molar-refractivity contribution is -0.138. The second kappa shape index (κ2) is 11.1. The smallest absolute Gasteiger partial charge is 0.243 e. The zero-order valence-electron chi connectivity index (χ0n) is 22.0. The minimum Gasteiger partial charge on any atom is -0.335 e. The highest BCUT2D eigenvalue weighted by Crippen LogP contribution is 2.35. The molecular formula is C31H37ClN4O2. The third kappa shape index (κ3) is 5.07. The highest BCUT2D eigenvalue weighted by Gasteiger charge is 2.37. The van der Waals surface area contributed by atoms with Gasteiger partial charge in [-0.15, -0.1) is 0 Å². The number of imidazole rings is 1. The number of nitrogens with zero attached hydrogens (tertiary/aromatic N) is 4. The normalized spacial score (nSPS) is 21.3. The number of halogens is 1. The van der Waals surface area contributed by atoms with Crippen LogP contribution in [0.5, 0.6) is 0 Å². The molecule has 0 radical (unpaired) electrons. The number of aromatic nitrogens is 2. The monoisotopic (exact) mass is 532 g/mol. The van der Waals surface area contributed by atoms with E-state index < -0.39 is 0 Å². The highest BCUT2D eigenvalue weighted by molar-refractivity contribution is 6.30. The van der Waals surface area contributed by atoms with Gasteiger partial charge in [-0.05, 0) is 56.0 Å². The third-order valence-electron chi connectivity index (χ3n) is 8.81. The minimum absolute atomic E-state index is 0.0632. The molecule has 200 valence electrons. The number of para-hydroxylation sites is 2. The van der Waals surface area contributed by atoms with Crippen LogP contribution in [0.1, 0.15) is 82.4 Å². The number of amides is 2. The Morgan fingerprint density at radius 3 is 2.29 bits per heavy atom. The van der Waals surface area contributed by atoms with Gasteiger partial charge in [0.25, 0.3) is 0 Å². The van der Waals surface area contributed by atoms with E-state index >= 15 is 0 Å². The maximum Gasteiger partial charge on any atom is 0.243 e. The number of fused-ring (bicyclic) bond motifs is 1. The molecular weight excluding hydrogens is 496 g/mol. The molecule has 2 aromatic carbocycles. The van der Waals surface area contributed by atoms with Crippen LogP contribution < -0.4 is 4.90 Å². The zero-order valence-corrected chi connectivity index (χ0v) is 22.8. The summed E-state index contributed by atoms with van der Waals surface area (Å²) in [6, 6.07) is 16.2. The summed E-state index contributed by atoms with van der Waals surface area (Å²) >= 11 is 6.22. The maximum atomic E-state index is 14.2. The maximum absolute atomic E-state index is 14.2. The van der Waals surface area contributed by atoms with Gasteiger partial charge in [-0.25, -0.2) is 4.98 Å². The van der Waals surface area contributed by atoms with Gasteiger partial charge in [0.2, 0.25) is 11.8 Å². The lowest BCUT2D eigenvalue weighted by Crippen LogP contribution is -2.50. The first-order valence-electron chi connectivity index (χ1n) is 14.4. The Bertz CT molecular complexity index is 1290. The predicted molar refractivity (Wildman–Crippen MR) is 151 cm³/mol. The molecule has 1 aliphatic heterocycles. The summed E-state index contributed by atoms with van der Waals surface area (Å²) < 4.78 is 2.11. The van der Waals surface area contributed by atoms with Crippen molar-refractivity contribution in [1.29, 1.82) is 0 Å². The summed E-state index contributed by atoms with van der Waals surface area (Å²) in [5.41, 5.74) is 2.66. The largest absolute Gasteiger partial charge is 0.335 e. The van der Waals surface area contributed by atoms with Crippen molar-refractivity contribution in [3.63, 3.8) is 0 Å². The second-order valence-electron chi connectivity index (χ2n) is 11.3. The molecule has 0 spiro atoms. The fourth-order valence-electron chi connectivity index (χ4n) is 6.99. The second-order valence-corrected chi connectivity index (χ2v) is 11.8. The molecule has 2 saturated carbocycles. The van der Waals surface area contributed by atoms with Gasteiger partial charge in [-0.1, -0.05) is 68.3 Å². The Balaban J connectivity index is 1.31. The number of benzene rings is 2. The SMILES string of the molecule is O=C1CC(c2nc3ccccc3n2CC(=O)N(C2CCCCC2)C2CCCCC2)CN1c1cccc(Cl)c1. The summed E-state index contributed by atoms with van der Waals surface area (Å²) in [4.78, 5) is 36.4. The number of hydrogen-bond donors (Lipinski definition) is 0. The van der Waals surface area contributed by atoms with Crippen LogP contribution in [0.4, 0.5) is 5.69 Å². The third-order valence-corrected chi connectivity index (χ3v) is 9.05. The van der Waals surface area contributed by atoms with Gasteiger partial charge < -0.3 is 14.4 Å². The van der Waals surface area contributed by atoms with Gasteiger partial charge in [0, 0.05) is 41.7 Å². The highest BCUT2D eigenvalue weighted by atomic mass is 35.5. The van der Waals surface area contributed by atoms with E-state index in [-0.39, 0.29) is 24.3 Å². The minimum atomic E-state index is -0.0838. The molecule has 3 aliphatic rings. The van der Waals surface area contributed by atoms with E-state index in [9.17, 15) is 9.59 Å². The van der Waals surface area contributed by atoms with E-state index in [1.165, 1.54) is 38.5 Å². The van der Waals surface area contributed by atoms with Gasteiger partial charge in [0.1, 0.15) is 12.4 Å². The number of hydrogen-bond acceptors (Lipinski definition) is 3. The molecule has 0 bridgehead atoms. The van der Waals surface area contributed by atoms with E-state index in [0.29, 0.717) is 30.1 Å². The first-order valence-corrected chi connectivity index (χ1v) is 14.8. The van der Waals surface area contributed by atoms with Crippen LogP contribution in [0.25, 0.3) is 11.0 Å². The van der Waals surface area contributed by atoms with Gasteiger partial charge in [-0.2, -0.15) is 0 Å². The van der Waals surface area contributed by atoms with E-state index in [0.717, 1.165) is 48.2 Å². The molecule has 1 aromatic heterocycles. The summed E-state index contributed by atoms with van der Waals surface area (Å²) in [6.07, 6.45) is 12.2. The van der Waals surface area contributed by atoms with Crippen molar-refractivity contribution in [1.82, 2.24) is 14.5 Å². The fourth-order valence-corrected chi connectivity index (χ4v) is 7.17. The van der Waals surface area contributed by atoms with E-state index in [1.807, 2.05) is 42.5 Å². The molecule has 38 heavy (non-hydrogen) atoms. The van der Waals surface area contributed by atoms with Crippen molar-refractivity contribution in [2.45, 2.75) is 95.2 Å². The van der Waals surface area contributed by atoms with E-state index in [1.54, 1.807) is 4.90 Å². The topological polar surface area (TPSA) is 58.4 Å². The Morgan fingerprint density at radius 1 is 0.921 bits per heavy atom. The average Bonchev–Trinajstić information content (AvgIpc) is 3.50. The summed E-state index contributed by atoms with van der Waals surface area (Å²) in [5.74, 6) is 1.03. The summed E-state index contributed by atoms with van der Waals surface area (Å²) in [5, 5.41) is 0.613. The van der Waals surface area contributed by atoms with Gasteiger partial charge in [-0.3, -0.25) is 9.59 Å². The fraction of sp³-hybridized carbons (Fsp3) is 0.516. The van der Waals surface area contributed by atoms with Gasteiger partial charge in [0.05, 0.1) is 11.0 Å². The lowest BCUT2D eigenvalue weighted by atomic mass is 9.88. The quantitative estimate of drug-likeness (QED) is 0.355. The Labute approximate surface area is 230 Å².